The average molecular weight is 174 g/mol. The number of rotatable bonds is 6. The molecule has 2 unspecified atom stereocenters. The fourth-order valence-corrected chi connectivity index (χ4v) is 1.28. The third kappa shape index (κ3) is 4.04. The van der Waals surface area contributed by atoms with Gasteiger partial charge in [0.15, 0.2) is 0 Å². The predicted octanol–water partition coefficient (Wildman–Crippen LogP) is 0.426. The molecule has 0 radical (unpaired) electrons. The number of aliphatic hydroxyl groups excluding tert-OH is 1. The van der Waals surface area contributed by atoms with E-state index in [2.05, 4.69) is 11.8 Å². The Morgan fingerprint density at radius 1 is 1.50 bits per heavy atom. The molecule has 0 heterocycles. The van der Waals surface area contributed by atoms with E-state index < -0.39 is 0 Å². The third-order valence-corrected chi connectivity index (χ3v) is 2.22. The Kier molecular flexibility index (Phi) is 6.34. The van der Waals surface area contributed by atoms with Crippen LogP contribution >= 0.6 is 0 Å². The van der Waals surface area contributed by atoms with Crippen LogP contribution in [0.3, 0.4) is 0 Å². The van der Waals surface area contributed by atoms with Crippen molar-refractivity contribution in [3.8, 4) is 0 Å². The van der Waals surface area contributed by atoms with Gasteiger partial charge in [0.2, 0.25) is 0 Å². The van der Waals surface area contributed by atoms with Crippen LogP contribution in [-0.4, -0.2) is 42.3 Å². The fraction of sp³-hybridized carbons (Fsp3) is 1.00. The standard InChI is InChI=1S/C9H22N2O/c1-4-5-6-11(3)9(7-12)8(2)10/h8-9,12H,4-7,10H2,1-3H3. The van der Waals surface area contributed by atoms with Gasteiger partial charge in [-0.05, 0) is 26.9 Å². The molecule has 12 heavy (non-hydrogen) atoms. The van der Waals surface area contributed by atoms with Gasteiger partial charge in [-0.1, -0.05) is 13.3 Å². The Balaban J connectivity index is 3.77. The van der Waals surface area contributed by atoms with Gasteiger partial charge in [0.25, 0.3) is 0 Å². The van der Waals surface area contributed by atoms with Crippen LogP contribution in [0.25, 0.3) is 0 Å². The number of nitrogens with two attached hydrogens (primary N) is 1. The van der Waals surface area contributed by atoms with Gasteiger partial charge < -0.3 is 10.8 Å². The van der Waals surface area contributed by atoms with Crippen molar-refractivity contribution in [1.29, 1.82) is 0 Å². The van der Waals surface area contributed by atoms with Gasteiger partial charge in [0.1, 0.15) is 0 Å². The molecule has 0 bridgehead atoms. The molecule has 0 saturated heterocycles. The second-order valence-corrected chi connectivity index (χ2v) is 3.44. The molecular weight excluding hydrogens is 152 g/mol. The van der Waals surface area contributed by atoms with Gasteiger partial charge in [0, 0.05) is 12.1 Å². The lowest BCUT2D eigenvalue weighted by molar-refractivity contribution is 0.129. The van der Waals surface area contributed by atoms with Crippen LogP contribution in [0.5, 0.6) is 0 Å². The Bertz CT molecular complexity index is 107. The molecule has 0 aromatic carbocycles. The van der Waals surface area contributed by atoms with E-state index >= 15 is 0 Å². The van der Waals surface area contributed by atoms with Gasteiger partial charge in [-0.3, -0.25) is 4.90 Å². The molecule has 0 rings (SSSR count). The summed E-state index contributed by atoms with van der Waals surface area (Å²) in [4.78, 5) is 2.13. The number of hydrogen-bond acceptors (Lipinski definition) is 3. The lowest BCUT2D eigenvalue weighted by atomic mass is 10.1. The fourth-order valence-electron chi connectivity index (χ4n) is 1.28. The van der Waals surface area contributed by atoms with Gasteiger partial charge in [-0.2, -0.15) is 0 Å². The van der Waals surface area contributed by atoms with Gasteiger partial charge in [-0.15, -0.1) is 0 Å². The molecule has 0 aliphatic carbocycles. The summed E-state index contributed by atoms with van der Waals surface area (Å²) in [5, 5.41) is 9.04. The molecule has 0 aromatic rings. The molecular formula is C9H22N2O. The molecule has 74 valence electrons. The molecule has 0 aromatic heterocycles. The van der Waals surface area contributed by atoms with Crippen molar-refractivity contribution in [2.45, 2.75) is 38.8 Å². The first-order valence-corrected chi connectivity index (χ1v) is 4.70. The minimum atomic E-state index is 0.0388. The summed E-state index contributed by atoms with van der Waals surface area (Å²) in [6.45, 7) is 5.26. The van der Waals surface area contributed by atoms with E-state index in [9.17, 15) is 0 Å². The highest BCUT2D eigenvalue weighted by Crippen LogP contribution is 2.01. The van der Waals surface area contributed by atoms with E-state index in [1.54, 1.807) is 0 Å². The van der Waals surface area contributed by atoms with Gasteiger partial charge in [0.05, 0.1) is 6.61 Å². The number of nitrogens with zero attached hydrogens (tertiary/aromatic N) is 1. The van der Waals surface area contributed by atoms with Crippen LogP contribution in [0.2, 0.25) is 0 Å². The monoisotopic (exact) mass is 174 g/mol. The molecule has 0 fully saturated rings. The Labute approximate surface area is 75.6 Å². The smallest absolute Gasteiger partial charge is 0.0601 e. The quantitative estimate of drug-likeness (QED) is 0.614. The maximum absolute atomic E-state index is 9.04. The van der Waals surface area contributed by atoms with Crippen LogP contribution in [0.15, 0.2) is 0 Å². The Hall–Kier alpha value is -0.120. The summed E-state index contributed by atoms with van der Waals surface area (Å²) >= 11 is 0. The molecule has 3 heteroatoms. The first-order chi connectivity index (χ1) is 5.63. The highest BCUT2D eigenvalue weighted by molar-refractivity contribution is 4.75. The first kappa shape index (κ1) is 11.9. The van der Waals surface area contributed by atoms with Gasteiger partial charge >= 0.3 is 0 Å². The molecule has 3 nitrogen and oxygen atoms in total. The zero-order chi connectivity index (χ0) is 9.56. The van der Waals surface area contributed by atoms with Crippen molar-refractivity contribution in [3.05, 3.63) is 0 Å². The minimum Gasteiger partial charge on any atom is -0.395 e. The lowest BCUT2D eigenvalue weighted by Crippen LogP contribution is -2.47. The Morgan fingerprint density at radius 2 is 2.08 bits per heavy atom. The normalized spacial score (nSPS) is 16.5. The summed E-state index contributed by atoms with van der Waals surface area (Å²) < 4.78 is 0. The molecule has 0 saturated carbocycles. The summed E-state index contributed by atoms with van der Waals surface area (Å²) in [5.41, 5.74) is 5.72. The van der Waals surface area contributed by atoms with Crippen molar-refractivity contribution in [3.63, 3.8) is 0 Å². The number of likely N-dealkylation sites (N-methyl/N-ethyl adjacent to an activating group) is 1. The molecule has 2 atom stereocenters. The van der Waals surface area contributed by atoms with Crippen LogP contribution in [0.4, 0.5) is 0 Å². The van der Waals surface area contributed by atoms with Crippen molar-refractivity contribution < 1.29 is 5.11 Å². The number of hydrogen-bond donors (Lipinski definition) is 2. The molecule has 3 N–H and O–H groups in total. The molecule has 0 amide bonds. The third-order valence-electron chi connectivity index (χ3n) is 2.22. The molecule has 0 aliphatic heterocycles. The zero-order valence-corrected chi connectivity index (χ0v) is 8.45. The van der Waals surface area contributed by atoms with E-state index in [0.717, 1.165) is 6.54 Å². The summed E-state index contributed by atoms with van der Waals surface area (Å²) in [6, 6.07) is 0.147. The van der Waals surface area contributed by atoms with E-state index in [1.165, 1.54) is 12.8 Å². The van der Waals surface area contributed by atoms with Crippen LogP contribution in [0, 0.1) is 0 Å². The van der Waals surface area contributed by atoms with Crippen molar-refractivity contribution in [2.75, 3.05) is 20.2 Å². The van der Waals surface area contributed by atoms with Crippen molar-refractivity contribution in [1.82, 2.24) is 4.90 Å². The minimum absolute atomic E-state index is 0.0388. The SMILES string of the molecule is CCCCN(C)C(CO)C(C)N. The van der Waals surface area contributed by atoms with E-state index in [0.29, 0.717) is 0 Å². The maximum atomic E-state index is 9.04. The average Bonchev–Trinajstić information content (AvgIpc) is 2.01. The number of aliphatic hydroxyl groups is 1. The summed E-state index contributed by atoms with van der Waals surface area (Å²) in [7, 11) is 2.01. The molecule has 0 spiro atoms. The van der Waals surface area contributed by atoms with E-state index in [4.69, 9.17) is 10.8 Å². The molecule has 0 aliphatic rings. The summed E-state index contributed by atoms with van der Waals surface area (Å²) in [6.07, 6.45) is 2.35. The zero-order valence-electron chi connectivity index (χ0n) is 8.45. The van der Waals surface area contributed by atoms with E-state index in [1.807, 2.05) is 14.0 Å². The second kappa shape index (κ2) is 6.40. The maximum Gasteiger partial charge on any atom is 0.0601 e. The van der Waals surface area contributed by atoms with Crippen LogP contribution < -0.4 is 5.73 Å². The predicted molar refractivity (Wildman–Crippen MR) is 52.1 cm³/mol. The summed E-state index contributed by atoms with van der Waals surface area (Å²) in [5.74, 6) is 0. The second-order valence-electron chi connectivity index (χ2n) is 3.44. The lowest BCUT2D eigenvalue weighted by Gasteiger charge is -2.29. The number of unbranched alkanes of at least 4 members (excludes halogenated alkanes) is 1. The van der Waals surface area contributed by atoms with Crippen molar-refractivity contribution in [2.24, 2.45) is 5.73 Å². The Morgan fingerprint density at radius 3 is 2.42 bits per heavy atom. The van der Waals surface area contributed by atoms with Gasteiger partial charge in [-0.25, -0.2) is 0 Å². The van der Waals surface area contributed by atoms with Crippen molar-refractivity contribution >= 4 is 0 Å². The topological polar surface area (TPSA) is 49.5 Å². The van der Waals surface area contributed by atoms with Crippen LogP contribution in [-0.2, 0) is 0 Å². The van der Waals surface area contributed by atoms with Crippen LogP contribution in [0.1, 0.15) is 26.7 Å². The highest BCUT2D eigenvalue weighted by atomic mass is 16.3. The first-order valence-electron chi connectivity index (χ1n) is 4.70. The highest BCUT2D eigenvalue weighted by Gasteiger charge is 2.16. The van der Waals surface area contributed by atoms with E-state index in [-0.39, 0.29) is 18.7 Å². The largest absolute Gasteiger partial charge is 0.395 e.